The molecule has 0 saturated carbocycles. The topological polar surface area (TPSA) is 112 Å². The second kappa shape index (κ2) is 4.45. The summed E-state index contributed by atoms with van der Waals surface area (Å²) in [4.78, 5) is 18.9. The molecular formula is C12H12N6O. The highest BCUT2D eigenvalue weighted by atomic mass is 16.1. The second-order valence-electron chi connectivity index (χ2n) is 4.14. The molecule has 0 fully saturated rings. The quantitative estimate of drug-likeness (QED) is 0.519. The van der Waals surface area contributed by atoms with Gasteiger partial charge in [-0.05, 0) is 24.3 Å². The molecule has 0 radical (unpaired) electrons. The van der Waals surface area contributed by atoms with E-state index in [0.717, 1.165) is 10.9 Å². The summed E-state index contributed by atoms with van der Waals surface area (Å²) in [5.74, 6) is 0.403. The highest BCUT2D eigenvalue weighted by Gasteiger charge is 2.09. The van der Waals surface area contributed by atoms with Crippen molar-refractivity contribution in [3.63, 3.8) is 0 Å². The van der Waals surface area contributed by atoms with E-state index in [1.807, 2.05) is 12.1 Å². The van der Waals surface area contributed by atoms with Crippen molar-refractivity contribution in [3.05, 3.63) is 42.1 Å². The molecule has 7 heteroatoms. The zero-order chi connectivity index (χ0) is 13.2. The zero-order valence-electron chi connectivity index (χ0n) is 9.97. The van der Waals surface area contributed by atoms with Gasteiger partial charge in [-0.15, -0.1) is 0 Å². The lowest BCUT2D eigenvalue weighted by Gasteiger charge is -1.99. The number of benzene rings is 1. The molecule has 0 saturated heterocycles. The van der Waals surface area contributed by atoms with E-state index in [1.54, 1.807) is 12.1 Å². The number of fused-ring (bicyclic) bond motifs is 1. The Balaban J connectivity index is 1.77. The molecule has 0 aliphatic rings. The van der Waals surface area contributed by atoms with E-state index in [-0.39, 0.29) is 5.91 Å². The first-order valence-corrected chi connectivity index (χ1v) is 5.73. The van der Waals surface area contributed by atoms with Gasteiger partial charge in [-0.25, -0.2) is 4.98 Å². The van der Waals surface area contributed by atoms with Gasteiger partial charge in [0, 0.05) is 16.6 Å². The molecule has 0 unspecified atom stereocenters. The van der Waals surface area contributed by atoms with Gasteiger partial charge in [0.15, 0.2) is 0 Å². The van der Waals surface area contributed by atoms with Gasteiger partial charge >= 0.3 is 0 Å². The van der Waals surface area contributed by atoms with Crippen molar-refractivity contribution < 1.29 is 4.79 Å². The lowest BCUT2D eigenvalue weighted by molar-refractivity contribution is 0.0946. The molecule has 1 amide bonds. The van der Waals surface area contributed by atoms with Crippen molar-refractivity contribution in [3.8, 4) is 0 Å². The minimum Gasteiger partial charge on any atom is -0.399 e. The average Bonchev–Trinajstić information content (AvgIpc) is 3.04. The number of H-pyrrole nitrogens is 2. The number of hydrogen-bond donors (Lipinski definition) is 4. The van der Waals surface area contributed by atoms with Gasteiger partial charge in [-0.2, -0.15) is 5.10 Å². The molecule has 0 atom stereocenters. The van der Waals surface area contributed by atoms with Crippen LogP contribution in [-0.2, 0) is 6.54 Å². The SMILES string of the molecule is Nc1ccc2[nH]c(C(=O)NCc3ncn[nH]3)cc2c1. The third-order valence-electron chi connectivity index (χ3n) is 2.77. The smallest absolute Gasteiger partial charge is 0.268 e. The molecule has 0 bridgehead atoms. The Kier molecular flexibility index (Phi) is 2.64. The Morgan fingerprint density at radius 3 is 3.05 bits per heavy atom. The molecule has 19 heavy (non-hydrogen) atoms. The predicted octanol–water partition coefficient (Wildman–Crippen LogP) is 0.798. The molecule has 5 N–H and O–H groups in total. The van der Waals surface area contributed by atoms with Gasteiger partial charge in [-0.1, -0.05) is 0 Å². The predicted molar refractivity (Wildman–Crippen MR) is 70.3 cm³/mol. The van der Waals surface area contributed by atoms with Gasteiger partial charge in [0.2, 0.25) is 0 Å². The summed E-state index contributed by atoms with van der Waals surface area (Å²) in [7, 11) is 0. The molecule has 3 rings (SSSR count). The van der Waals surface area contributed by atoms with Gasteiger partial charge in [-0.3, -0.25) is 9.89 Å². The van der Waals surface area contributed by atoms with Gasteiger partial charge in [0.25, 0.3) is 5.91 Å². The fourth-order valence-corrected chi connectivity index (χ4v) is 1.85. The molecule has 7 nitrogen and oxygen atoms in total. The van der Waals surface area contributed by atoms with Gasteiger partial charge in [0.1, 0.15) is 17.8 Å². The van der Waals surface area contributed by atoms with Crippen LogP contribution in [0, 0.1) is 0 Å². The minimum absolute atomic E-state index is 0.203. The van der Waals surface area contributed by atoms with E-state index in [0.29, 0.717) is 23.8 Å². The lowest BCUT2D eigenvalue weighted by Crippen LogP contribution is -2.23. The first-order valence-electron chi connectivity index (χ1n) is 5.73. The Bertz CT molecular complexity index is 715. The fraction of sp³-hybridized carbons (Fsp3) is 0.0833. The number of nitrogens with one attached hydrogen (secondary N) is 3. The maximum Gasteiger partial charge on any atom is 0.268 e. The van der Waals surface area contributed by atoms with E-state index in [4.69, 9.17) is 5.73 Å². The molecule has 2 aromatic heterocycles. The average molecular weight is 256 g/mol. The molecule has 1 aromatic carbocycles. The van der Waals surface area contributed by atoms with Crippen LogP contribution in [0.2, 0.25) is 0 Å². The van der Waals surface area contributed by atoms with E-state index < -0.39 is 0 Å². The number of amides is 1. The third kappa shape index (κ3) is 2.25. The van der Waals surface area contributed by atoms with Gasteiger partial charge in [0.05, 0.1) is 6.54 Å². The monoisotopic (exact) mass is 256 g/mol. The number of aromatic nitrogens is 4. The molecule has 0 spiro atoms. The first-order chi connectivity index (χ1) is 9.22. The van der Waals surface area contributed by atoms with Crippen LogP contribution in [0.25, 0.3) is 10.9 Å². The maximum absolute atomic E-state index is 12.0. The Morgan fingerprint density at radius 2 is 2.26 bits per heavy atom. The molecule has 3 aromatic rings. The molecular weight excluding hydrogens is 244 g/mol. The summed E-state index contributed by atoms with van der Waals surface area (Å²) in [5, 5.41) is 10.0. The van der Waals surface area contributed by atoms with Crippen LogP contribution < -0.4 is 11.1 Å². The van der Waals surface area contributed by atoms with Crippen LogP contribution in [0.3, 0.4) is 0 Å². The van der Waals surface area contributed by atoms with Crippen molar-refractivity contribution in [2.45, 2.75) is 6.54 Å². The highest BCUT2D eigenvalue weighted by Crippen LogP contribution is 2.18. The number of nitrogens with two attached hydrogens (primary N) is 1. The lowest BCUT2D eigenvalue weighted by atomic mass is 10.2. The minimum atomic E-state index is -0.203. The Morgan fingerprint density at radius 1 is 1.37 bits per heavy atom. The maximum atomic E-state index is 12.0. The van der Waals surface area contributed by atoms with Gasteiger partial charge < -0.3 is 16.0 Å². The van der Waals surface area contributed by atoms with Crippen LogP contribution >= 0.6 is 0 Å². The number of carbonyl (C=O) groups is 1. The fourth-order valence-electron chi connectivity index (χ4n) is 1.85. The number of rotatable bonds is 3. The number of hydrogen-bond acceptors (Lipinski definition) is 4. The van der Waals surface area contributed by atoms with E-state index in [1.165, 1.54) is 6.33 Å². The molecule has 2 heterocycles. The van der Waals surface area contributed by atoms with Crippen LogP contribution in [-0.4, -0.2) is 26.1 Å². The van der Waals surface area contributed by atoms with Crippen LogP contribution in [0.15, 0.2) is 30.6 Å². The molecule has 0 aliphatic carbocycles. The van der Waals surface area contributed by atoms with Crippen LogP contribution in [0.1, 0.15) is 16.3 Å². The Hall–Kier alpha value is -2.83. The standard InChI is InChI=1S/C12H12N6O/c13-8-1-2-9-7(3-8)4-10(17-9)12(19)14-5-11-15-6-16-18-11/h1-4,6,17H,5,13H2,(H,14,19)(H,15,16,18). The van der Waals surface area contributed by atoms with E-state index >= 15 is 0 Å². The highest BCUT2D eigenvalue weighted by molar-refractivity contribution is 5.98. The van der Waals surface area contributed by atoms with Crippen molar-refractivity contribution in [2.24, 2.45) is 0 Å². The molecule has 0 aliphatic heterocycles. The van der Waals surface area contributed by atoms with Crippen molar-refractivity contribution in [2.75, 3.05) is 5.73 Å². The normalized spacial score (nSPS) is 10.7. The summed E-state index contributed by atoms with van der Waals surface area (Å²) in [6.07, 6.45) is 1.40. The number of nitrogen functional groups attached to an aromatic ring is 1. The summed E-state index contributed by atoms with van der Waals surface area (Å²) < 4.78 is 0. The zero-order valence-corrected chi connectivity index (χ0v) is 9.97. The number of aromatic amines is 2. The summed E-state index contributed by atoms with van der Waals surface area (Å²) in [6, 6.07) is 7.22. The largest absolute Gasteiger partial charge is 0.399 e. The summed E-state index contributed by atoms with van der Waals surface area (Å²) in [5.41, 5.74) is 7.73. The van der Waals surface area contributed by atoms with E-state index in [9.17, 15) is 4.79 Å². The number of nitrogens with zero attached hydrogens (tertiary/aromatic N) is 2. The summed E-state index contributed by atoms with van der Waals surface area (Å²) in [6.45, 7) is 0.302. The first kappa shape index (κ1) is 11.3. The van der Waals surface area contributed by atoms with Crippen molar-refractivity contribution >= 4 is 22.5 Å². The van der Waals surface area contributed by atoms with Crippen molar-refractivity contribution in [1.29, 1.82) is 0 Å². The van der Waals surface area contributed by atoms with Crippen LogP contribution in [0.4, 0.5) is 5.69 Å². The second-order valence-corrected chi connectivity index (χ2v) is 4.14. The number of carbonyl (C=O) groups excluding carboxylic acids is 1. The summed E-state index contributed by atoms with van der Waals surface area (Å²) >= 11 is 0. The number of anilines is 1. The molecule has 96 valence electrons. The van der Waals surface area contributed by atoms with Crippen molar-refractivity contribution in [1.82, 2.24) is 25.5 Å². The Labute approximate surface area is 108 Å². The van der Waals surface area contributed by atoms with Crippen LogP contribution in [0.5, 0.6) is 0 Å². The van der Waals surface area contributed by atoms with E-state index in [2.05, 4.69) is 25.5 Å². The third-order valence-corrected chi connectivity index (χ3v) is 2.77.